The molecule has 1 aliphatic heterocycles. The Hall–Kier alpha value is -0.600. The molecule has 0 aromatic carbocycles. The molecule has 2 nitrogen and oxygen atoms in total. The molecule has 1 rings (SSSR count). The van der Waals surface area contributed by atoms with Crippen molar-refractivity contribution >= 4 is 0 Å². The van der Waals surface area contributed by atoms with Gasteiger partial charge in [-0.15, -0.1) is 0 Å². The van der Waals surface area contributed by atoms with E-state index in [2.05, 4.69) is 12.2 Å². The number of allylic oxidation sites excluding steroid dienone is 4. The van der Waals surface area contributed by atoms with E-state index in [1.54, 1.807) is 0 Å². The number of unbranched alkanes of at least 4 members (excludes halogenated alkanes) is 1. The Bertz CT molecular complexity index is 191. The van der Waals surface area contributed by atoms with Gasteiger partial charge in [-0.3, -0.25) is 0 Å². The first kappa shape index (κ1) is 12.5. The van der Waals surface area contributed by atoms with Gasteiger partial charge in [0.15, 0.2) is 6.29 Å². The first-order valence-electron chi connectivity index (χ1n) is 5.94. The molecule has 0 amide bonds. The van der Waals surface area contributed by atoms with E-state index < -0.39 is 0 Å². The highest BCUT2D eigenvalue weighted by Gasteiger charge is 2.12. The molecular formula is C13H22O2. The topological polar surface area (TPSA) is 18.5 Å². The van der Waals surface area contributed by atoms with Crippen LogP contribution in [0.25, 0.3) is 0 Å². The molecule has 0 saturated carbocycles. The van der Waals surface area contributed by atoms with Crippen LogP contribution in [0.2, 0.25) is 0 Å². The van der Waals surface area contributed by atoms with Crippen LogP contribution in [-0.2, 0) is 9.47 Å². The van der Waals surface area contributed by atoms with Crippen LogP contribution in [0.15, 0.2) is 24.3 Å². The third-order valence-electron chi connectivity index (χ3n) is 2.40. The molecule has 0 N–H and O–H groups in total. The van der Waals surface area contributed by atoms with Gasteiger partial charge in [0.25, 0.3) is 0 Å². The van der Waals surface area contributed by atoms with Crippen LogP contribution in [0.4, 0.5) is 0 Å². The van der Waals surface area contributed by atoms with Crippen molar-refractivity contribution in [2.75, 3.05) is 13.2 Å². The van der Waals surface area contributed by atoms with E-state index in [-0.39, 0.29) is 6.29 Å². The van der Waals surface area contributed by atoms with Gasteiger partial charge in [-0.25, -0.2) is 0 Å². The average molecular weight is 210 g/mol. The fourth-order valence-corrected chi connectivity index (χ4v) is 1.54. The molecule has 0 bridgehead atoms. The summed E-state index contributed by atoms with van der Waals surface area (Å²) in [6, 6.07) is 0. The van der Waals surface area contributed by atoms with E-state index in [0.29, 0.717) is 0 Å². The third-order valence-corrected chi connectivity index (χ3v) is 2.40. The molecule has 1 heterocycles. The molecule has 15 heavy (non-hydrogen) atoms. The minimum absolute atomic E-state index is 0.0678. The summed E-state index contributed by atoms with van der Waals surface area (Å²) in [5.74, 6) is 0. The molecule has 2 heteroatoms. The molecule has 0 spiro atoms. The molecule has 1 unspecified atom stereocenters. The Balaban J connectivity index is 1.91. The zero-order chi connectivity index (χ0) is 10.8. The van der Waals surface area contributed by atoms with Crippen molar-refractivity contribution in [3.05, 3.63) is 24.3 Å². The summed E-state index contributed by atoms with van der Waals surface area (Å²) >= 11 is 0. The fourth-order valence-electron chi connectivity index (χ4n) is 1.54. The standard InChI is InChI=1S/C13H22O2/c1-2-3-4-5-6-8-11-14-13-10-7-9-12-15-13/h2-5,13H,6-12H2,1H3/b3-2-,5-4+. The molecule has 1 aliphatic rings. The Kier molecular flexibility index (Phi) is 7.22. The van der Waals surface area contributed by atoms with E-state index in [1.807, 2.05) is 19.1 Å². The zero-order valence-electron chi connectivity index (χ0n) is 9.65. The number of hydrogen-bond donors (Lipinski definition) is 0. The van der Waals surface area contributed by atoms with Crippen molar-refractivity contribution in [3.8, 4) is 0 Å². The van der Waals surface area contributed by atoms with Gasteiger partial charge >= 0.3 is 0 Å². The van der Waals surface area contributed by atoms with Gasteiger partial charge in [0.1, 0.15) is 0 Å². The molecule has 86 valence electrons. The highest BCUT2D eigenvalue weighted by atomic mass is 16.7. The first-order valence-corrected chi connectivity index (χ1v) is 5.94. The predicted octanol–water partition coefficient (Wildman–Crippen LogP) is 3.44. The lowest BCUT2D eigenvalue weighted by atomic mass is 10.2. The second-order valence-electron chi connectivity index (χ2n) is 3.76. The van der Waals surface area contributed by atoms with Gasteiger partial charge in [-0.05, 0) is 39.0 Å². The fraction of sp³-hybridized carbons (Fsp3) is 0.692. The van der Waals surface area contributed by atoms with Gasteiger partial charge in [0, 0.05) is 6.61 Å². The maximum atomic E-state index is 5.62. The molecule has 0 radical (unpaired) electrons. The van der Waals surface area contributed by atoms with Gasteiger partial charge in [-0.2, -0.15) is 0 Å². The molecule has 0 aromatic rings. The minimum Gasteiger partial charge on any atom is -0.353 e. The van der Waals surface area contributed by atoms with Crippen molar-refractivity contribution in [2.45, 2.75) is 45.3 Å². The van der Waals surface area contributed by atoms with E-state index in [1.165, 1.54) is 12.8 Å². The molecule has 0 aliphatic carbocycles. The van der Waals surface area contributed by atoms with Gasteiger partial charge in [0.2, 0.25) is 0 Å². The average Bonchev–Trinajstić information content (AvgIpc) is 2.29. The molecular weight excluding hydrogens is 188 g/mol. The van der Waals surface area contributed by atoms with Crippen LogP contribution in [0.5, 0.6) is 0 Å². The van der Waals surface area contributed by atoms with E-state index in [9.17, 15) is 0 Å². The lowest BCUT2D eigenvalue weighted by molar-refractivity contribution is -0.162. The summed E-state index contributed by atoms with van der Waals surface area (Å²) in [5, 5.41) is 0. The van der Waals surface area contributed by atoms with Crippen LogP contribution < -0.4 is 0 Å². The Labute approximate surface area is 93.0 Å². The summed E-state index contributed by atoms with van der Waals surface area (Å²) in [4.78, 5) is 0. The number of ether oxygens (including phenoxy) is 2. The highest BCUT2D eigenvalue weighted by Crippen LogP contribution is 2.13. The Morgan fingerprint density at radius 2 is 2.27 bits per heavy atom. The summed E-state index contributed by atoms with van der Waals surface area (Å²) < 4.78 is 11.1. The largest absolute Gasteiger partial charge is 0.353 e. The molecule has 1 atom stereocenters. The van der Waals surface area contributed by atoms with Gasteiger partial charge in [-0.1, -0.05) is 24.3 Å². The van der Waals surface area contributed by atoms with Crippen molar-refractivity contribution in [2.24, 2.45) is 0 Å². The maximum absolute atomic E-state index is 5.62. The third kappa shape index (κ3) is 6.47. The lowest BCUT2D eigenvalue weighted by Gasteiger charge is -2.22. The summed E-state index contributed by atoms with van der Waals surface area (Å²) in [5.41, 5.74) is 0. The zero-order valence-corrected chi connectivity index (χ0v) is 9.65. The molecule has 1 fully saturated rings. The van der Waals surface area contributed by atoms with Crippen molar-refractivity contribution < 1.29 is 9.47 Å². The van der Waals surface area contributed by atoms with Crippen LogP contribution in [0, 0.1) is 0 Å². The van der Waals surface area contributed by atoms with Crippen molar-refractivity contribution in [1.29, 1.82) is 0 Å². The van der Waals surface area contributed by atoms with Crippen LogP contribution >= 0.6 is 0 Å². The summed E-state index contributed by atoms with van der Waals surface area (Å²) in [6.07, 6.45) is 14.0. The molecule has 1 saturated heterocycles. The smallest absolute Gasteiger partial charge is 0.157 e. The number of hydrogen-bond acceptors (Lipinski definition) is 2. The minimum atomic E-state index is 0.0678. The Morgan fingerprint density at radius 1 is 1.33 bits per heavy atom. The maximum Gasteiger partial charge on any atom is 0.157 e. The first-order chi connectivity index (χ1) is 7.43. The molecule has 0 aromatic heterocycles. The van der Waals surface area contributed by atoms with Crippen LogP contribution in [0.3, 0.4) is 0 Å². The monoisotopic (exact) mass is 210 g/mol. The highest BCUT2D eigenvalue weighted by molar-refractivity contribution is 5.00. The van der Waals surface area contributed by atoms with Crippen molar-refractivity contribution in [3.63, 3.8) is 0 Å². The normalized spacial score (nSPS) is 22.9. The number of rotatable bonds is 6. The summed E-state index contributed by atoms with van der Waals surface area (Å²) in [6.45, 7) is 3.70. The van der Waals surface area contributed by atoms with Gasteiger partial charge < -0.3 is 9.47 Å². The van der Waals surface area contributed by atoms with Crippen molar-refractivity contribution in [1.82, 2.24) is 0 Å². The SMILES string of the molecule is C/C=C\C=C\CCCOC1CCCCO1. The van der Waals surface area contributed by atoms with Crippen LogP contribution in [-0.4, -0.2) is 19.5 Å². The van der Waals surface area contributed by atoms with E-state index in [4.69, 9.17) is 9.47 Å². The van der Waals surface area contributed by atoms with E-state index in [0.717, 1.165) is 32.5 Å². The second-order valence-corrected chi connectivity index (χ2v) is 3.76. The Morgan fingerprint density at radius 3 is 3.00 bits per heavy atom. The second kappa shape index (κ2) is 8.69. The van der Waals surface area contributed by atoms with Crippen LogP contribution in [0.1, 0.15) is 39.0 Å². The quantitative estimate of drug-likeness (QED) is 0.494. The van der Waals surface area contributed by atoms with Gasteiger partial charge in [0.05, 0.1) is 6.61 Å². The lowest BCUT2D eigenvalue weighted by Crippen LogP contribution is -2.22. The predicted molar refractivity (Wildman–Crippen MR) is 62.7 cm³/mol. The van der Waals surface area contributed by atoms with E-state index >= 15 is 0 Å². The summed E-state index contributed by atoms with van der Waals surface area (Å²) in [7, 11) is 0.